The summed E-state index contributed by atoms with van der Waals surface area (Å²) in [5.74, 6) is 0. The van der Waals surface area contributed by atoms with Gasteiger partial charge in [0.2, 0.25) is 0 Å². The minimum atomic E-state index is 0.651. The second-order valence-corrected chi connectivity index (χ2v) is 4.60. The maximum atomic E-state index is 5.65. The highest BCUT2D eigenvalue weighted by Gasteiger charge is 2.03. The number of benzene rings is 1. The zero-order chi connectivity index (χ0) is 12.8. The summed E-state index contributed by atoms with van der Waals surface area (Å²) in [6.07, 6.45) is 4.47. The Hall–Kier alpha value is -1.54. The molecule has 0 spiro atoms. The van der Waals surface area contributed by atoms with Gasteiger partial charge < -0.3 is 9.30 Å². The fourth-order valence-corrected chi connectivity index (χ4v) is 1.95. The first-order chi connectivity index (χ1) is 8.81. The highest BCUT2D eigenvalue weighted by molar-refractivity contribution is 5.63. The first-order valence-corrected chi connectivity index (χ1v) is 6.61. The highest BCUT2D eigenvalue weighted by atomic mass is 16.5. The monoisotopic (exact) mass is 243 g/mol. The lowest BCUT2D eigenvalue weighted by Crippen LogP contribution is -2.03. The van der Waals surface area contributed by atoms with Crippen LogP contribution in [0.1, 0.15) is 25.5 Å². The van der Waals surface area contributed by atoms with Gasteiger partial charge >= 0.3 is 0 Å². The third kappa shape index (κ3) is 3.23. The van der Waals surface area contributed by atoms with Gasteiger partial charge in [-0.2, -0.15) is 0 Å². The van der Waals surface area contributed by atoms with Crippen LogP contribution in [0.5, 0.6) is 0 Å². The van der Waals surface area contributed by atoms with Crippen LogP contribution in [0.4, 0.5) is 0 Å². The average Bonchev–Trinajstić information content (AvgIpc) is 2.77. The Morgan fingerprint density at radius 3 is 2.61 bits per heavy atom. The maximum Gasteiger partial charge on any atom is 0.122 e. The number of hydrogen-bond acceptors (Lipinski definition) is 1. The summed E-state index contributed by atoms with van der Waals surface area (Å²) in [4.78, 5) is 0. The molecule has 0 radical (unpaired) electrons. The molecule has 18 heavy (non-hydrogen) atoms. The normalized spacial score (nSPS) is 10.8. The van der Waals surface area contributed by atoms with Crippen LogP contribution in [-0.2, 0) is 11.5 Å². The summed E-state index contributed by atoms with van der Waals surface area (Å²) >= 11 is 0. The lowest BCUT2D eigenvalue weighted by molar-refractivity contribution is 0.0739. The predicted molar refractivity (Wildman–Crippen MR) is 75.5 cm³/mol. The Balaban J connectivity index is 2.03. The van der Waals surface area contributed by atoms with Crippen molar-refractivity contribution in [1.82, 2.24) is 4.57 Å². The molecular weight excluding hydrogens is 222 g/mol. The number of unbranched alkanes of at least 4 members (excludes halogenated alkanes) is 1. The molecule has 96 valence electrons. The molecule has 1 aromatic heterocycles. The molecule has 0 N–H and O–H groups in total. The first-order valence-electron chi connectivity index (χ1n) is 6.61. The van der Waals surface area contributed by atoms with E-state index in [1.165, 1.54) is 23.2 Å². The lowest BCUT2D eigenvalue weighted by atomic mass is 10.1. The topological polar surface area (TPSA) is 14.2 Å². The smallest absolute Gasteiger partial charge is 0.122 e. The van der Waals surface area contributed by atoms with Crippen molar-refractivity contribution in [2.75, 3.05) is 6.61 Å². The summed E-state index contributed by atoms with van der Waals surface area (Å²) in [6, 6.07) is 12.7. The molecular formula is C16H21NO. The van der Waals surface area contributed by atoms with Crippen LogP contribution < -0.4 is 0 Å². The molecule has 0 saturated carbocycles. The number of aryl methyl sites for hydroxylation is 1. The van der Waals surface area contributed by atoms with Crippen LogP contribution in [0.25, 0.3) is 11.1 Å². The van der Waals surface area contributed by atoms with Crippen molar-refractivity contribution < 1.29 is 4.74 Å². The van der Waals surface area contributed by atoms with Crippen LogP contribution in [0.2, 0.25) is 0 Å². The van der Waals surface area contributed by atoms with E-state index in [9.17, 15) is 0 Å². The Morgan fingerprint density at radius 1 is 1.11 bits per heavy atom. The number of nitrogens with zero attached hydrogens (tertiary/aromatic N) is 1. The number of ether oxygens (including phenoxy) is 1. The van der Waals surface area contributed by atoms with Crippen molar-refractivity contribution in [1.29, 1.82) is 0 Å². The molecule has 0 fully saturated rings. The van der Waals surface area contributed by atoms with Gasteiger partial charge in [0.25, 0.3) is 0 Å². The zero-order valence-corrected chi connectivity index (χ0v) is 11.2. The van der Waals surface area contributed by atoms with Gasteiger partial charge in [-0.25, -0.2) is 0 Å². The third-order valence-corrected chi connectivity index (χ3v) is 3.09. The predicted octanol–water partition coefficient (Wildman–Crippen LogP) is 4.24. The minimum Gasteiger partial charge on any atom is -0.361 e. The van der Waals surface area contributed by atoms with Gasteiger partial charge in [0.15, 0.2) is 0 Å². The van der Waals surface area contributed by atoms with Crippen molar-refractivity contribution in [2.45, 2.75) is 33.4 Å². The molecule has 2 nitrogen and oxygen atoms in total. The molecule has 0 unspecified atom stereocenters. The molecule has 0 amide bonds. The van der Waals surface area contributed by atoms with Gasteiger partial charge in [-0.1, -0.05) is 43.7 Å². The highest BCUT2D eigenvalue weighted by Crippen LogP contribution is 2.21. The van der Waals surface area contributed by atoms with Crippen LogP contribution in [0.3, 0.4) is 0 Å². The minimum absolute atomic E-state index is 0.651. The van der Waals surface area contributed by atoms with E-state index in [2.05, 4.69) is 54.9 Å². The lowest BCUT2D eigenvalue weighted by Gasteiger charge is -2.06. The van der Waals surface area contributed by atoms with Crippen molar-refractivity contribution >= 4 is 0 Å². The quantitative estimate of drug-likeness (QED) is 0.692. The van der Waals surface area contributed by atoms with E-state index < -0.39 is 0 Å². The molecule has 1 heterocycles. The average molecular weight is 243 g/mol. The zero-order valence-electron chi connectivity index (χ0n) is 11.2. The molecule has 2 heteroatoms. The molecule has 0 bridgehead atoms. The van der Waals surface area contributed by atoms with Crippen molar-refractivity contribution in [2.24, 2.45) is 0 Å². The second kappa shape index (κ2) is 6.41. The first kappa shape index (κ1) is 12.9. The van der Waals surface area contributed by atoms with Gasteiger partial charge in [0.05, 0.1) is 0 Å². The third-order valence-electron chi connectivity index (χ3n) is 3.09. The van der Waals surface area contributed by atoms with E-state index in [1.54, 1.807) is 0 Å². The molecule has 0 aliphatic heterocycles. The van der Waals surface area contributed by atoms with Crippen LogP contribution in [0, 0.1) is 6.92 Å². The molecule has 0 aliphatic rings. The van der Waals surface area contributed by atoms with Crippen molar-refractivity contribution in [3.05, 3.63) is 48.3 Å². The summed E-state index contributed by atoms with van der Waals surface area (Å²) in [6.45, 7) is 5.79. The van der Waals surface area contributed by atoms with E-state index >= 15 is 0 Å². The SMILES string of the molecule is CCCCOCn1cc(-c2ccccc2)cc1C. The van der Waals surface area contributed by atoms with Gasteiger partial charge in [-0.05, 0) is 30.5 Å². The fourth-order valence-electron chi connectivity index (χ4n) is 1.95. The van der Waals surface area contributed by atoms with Gasteiger partial charge in [-0.3, -0.25) is 0 Å². The number of rotatable bonds is 6. The van der Waals surface area contributed by atoms with E-state index in [4.69, 9.17) is 4.74 Å². The Morgan fingerprint density at radius 2 is 1.89 bits per heavy atom. The van der Waals surface area contributed by atoms with Crippen LogP contribution >= 0.6 is 0 Å². The standard InChI is InChI=1S/C16H21NO/c1-3-4-10-18-13-17-12-16(11-14(17)2)15-8-6-5-7-9-15/h5-9,11-12H,3-4,10,13H2,1-2H3. The number of aromatic nitrogens is 1. The summed E-state index contributed by atoms with van der Waals surface area (Å²) in [7, 11) is 0. The number of hydrogen-bond donors (Lipinski definition) is 0. The van der Waals surface area contributed by atoms with E-state index in [0.717, 1.165) is 13.0 Å². The van der Waals surface area contributed by atoms with E-state index in [0.29, 0.717) is 6.73 Å². The second-order valence-electron chi connectivity index (χ2n) is 4.60. The summed E-state index contributed by atoms with van der Waals surface area (Å²) < 4.78 is 7.82. The summed E-state index contributed by atoms with van der Waals surface area (Å²) in [5, 5.41) is 0. The molecule has 0 saturated heterocycles. The van der Waals surface area contributed by atoms with Gasteiger partial charge in [0.1, 0.15) is 6.73 Å². The Kier molecular flexibility index (Phi) is 4.59. The molecule has 1 aromatic carbocycles. The summed E-state index contributed by atoms with van der Waals surface area (Å²) in [5.41, 5.74) is 3.76. The molecule has 2 rings (SSSR count). The molecule has 0 atom stereocenters. The van der Waals surface area contributed by atoms with Gasteiger partial charge in [0, 0.05) is 18.5 Å². The Labute approximate surface area is 109 Å². The van der Waals surface area contributed by atoms with Crippen molar-refractivity contribution in [3.63, 3.8) is 0 Å². The van der Waals surface area contributed by atoms with Crippen molar-refractivity contribution in [3.8, 4) is 11.1 Å². The Bertz CT molecular complexity index is 473. The van der Waals surface area contributed by atoms with Crippen LogP contribution in [0.15, 0.2) is 42.6 Å². The fraction of sp³-hybridized carbons (Fsp3) is 0.375. The molecule has 0 aliphatic carbocycles. The van der Waals surface area contributed by atoms with E-state index in [1.807, 2.05) is 6.07 Å². The van der Waals surface area contributed by atoms with Crippen LogP contribution in [-0.4, -0.2) is 11.2 Å². The maximum absolute atomic E-state index is 5.65. The van der Waals surface area contributed by atoms with E-state index in [-0.39, 0.29) is 0 Å². The largest absolute Gasteiger partial charge is 0.361 e. The van der Waals surface area contributed by atoms with Gasteiger partial charge in [-0.15, -0.1) is 0 Å². The molecule has 2 aromatic rings.